The summed E-state index contributed by atoms with van der Waals surface area (Å²) in [6.45, 7) is 18.9. The van der Waals surface area contributed by atoms with E-state index < -0.39 is 0 Å². The number of amides is 1. The Morgan fingerprint density at radius 1 is 1.08 bits per heavy atom. The van der Waals surface area contributed by atoms with Crippen molar-refractivity contribution in [3.8, 4) is 0 Å². The zero-order chi connectivity index (χ0) is 26.2. The third kappa shape index (κ3) is 5.06. The number of H-pyrrole nitrogens is 1. The Morgan fingerprint density at radius 3 is 2.49 bits per heavy atom. The van der Waals surface area contributed by atoms with Crippen molar-refractivity contribution in [2.45, 2.75) is 33.2 Å². The number of anilines is 1. The zero-order valence-corrected chi connectivity index (χ0v) is 22.3. The van der Waals surface area contributed by atoms with Crippen LogP contribution in [0.4, 0.5) is 5.82 Å². The van der Waals surface area contributed by atoms with E-state index in [9.17, 15) is 4.79 Å². The summed E-state index contributed by atoms with van der Waals surface area (Å²) >= 11 is 0. The lowest BCUT2D eigenvalue weighted by Crippen LogP contribution is -2.54. The quantitative estimate of drug-likeness (QED) is 0.574. The summed E-state index contributed by atoms with van der Waals surface area (Å²) in [6.07, 6.45) is 5.93. The van der Waals surface area contributed by atoms with Gasteiger partial charge in [-0.05, 0) is 39.8 Å². The minimum atomic E-state index is -0.0478. The summed E-state index contributed by atoms with van der Waals surface area (Å²) in [6, 6.07) is 5.85. The minimum absolute atomic E-state index is 0.0478. The lowest BCUT2D eigenvalue weighted by Gasteiger charge is -2.42. The van der Waals surface area contributed by atoms with Gasteiger partial charge >= 0.3 is 0 Å². The number of hydrogen-bond acceptors (Lipinski definition) is 6. The van der Waals surface area contributed by atoms with E-state index in [0.717, 1.165) is 54.5 Å². The summed E-state index contributed by atoms with van der Waals surface area (Å²) in [4.78, 5) is 28.2. The molecule has 0 saturated carbocycles. The van der Waals surface area contributed by atoms with Crippen molar-refractivity contribution in [1.82, 2.24) is 29.4 Å². The number of fused-ring (bicyclic) bond motifs is 1. The van der Waals surface area contributed by atoms with Crippen molar-refractivity contribution in [1.29, 1.82) is 0 Å². The molecule has 0 unspecified atom stereocenters. The van der Waals surface area contributed by atoms with Crippen molar-refractivity contribution in [2.75, 3.05) is 57.4 Å². The second-order valence-corrected chi connectivity index (χ2v) is 10.6. The number of carbonyl (C=O) groups is 1. The SMILES string of the molecule is C=C(c1cc(N2CCOCC2)n2nc(C(=O)N3CCN(C(C)(C)C)CC3)cc2n1)c1cc[nH]c1/C=C\C. The fourth-order valence-electron chi connectivity index (χ4n) is 5.07. The van der Waals surface area contributed by atoms with E-state index >= 15 is 0 Å². The predicted octanol–water partition coefficient (Wildman–Crippen LogP) is 3.54. The van der Waals surface area contributed by atoms with Crippen molar-refractivity contribution in [3.63, 3.8) is 0 Å². The summed E-state index contributed by atoms with van der Waals surface area (Å²) in [5.41, 5.74) is 4.72. The fraction of sp³-hybridized carbons (Fsp3) is 0.464. The van der Waals surface area contributed by atoms with Crippen LogP contribution in [0.25, 0.3) is 17.3 Å². The number of nitrogens with one attached hydrogen (secondary N) is 1. The highest BCUT2D eigenvalue weighted by Gasteiger charge is 2.30. The van der Waals surface area contributed by atoms with E-state index in [1.54, 1.807) is 4.52 Å². The van der Waals surface area contributed by atoms with Gasteiger partial charge in [0.15, 0.2) is 11.3 Å². The van der Waals surface area contributed by atoms with Crippen molar-refractivity contribution < 1.29 is 9.53 Å². The number of aromatic amines is 1. The van der Waals surface area contributed by atoms with E-state index in [1.807, 2.05) is 48.4 Å². The van der Waals surface area contributed by atoms with Gasteiger partial charge in [0.1, 0.15) is 5.82 Å². The van der Waals surface area contributed by atoms with E-state index in [1.165, 1.54) is 0 Å². The van der Waals surface area contributed by atoms with Gasteiger partial charge < -0.3 is 19.5 Å². The largest absolute Gasteiger partial charge is 0.378 e. The number of ether oxygens (including phenoxy) is 1. The monoisotopic (exact) mass is 503 g/mol. The molecule has 2 aliphatic heterocycles. The molecule has 3 aromatic heterocycles. The van der Waals surface area contributed by atoms with E-state index in [4.69, 9.17) is 14.8 Å². The molecule has 3 aromatic rings. The molecule has 9 nitrogen and oxygen atoms in total. The molecule has 5 rings (SSSR count). The van der Waals surface area contributed by atoms with Gasteiger partial charge in [-0.3, -0.25) is 9.69 Å². The smallest absolute Gasteiger partial charge is 0.274 e. The Labute approximate surface area is 218 Å². The van der Waals surface area contributed by atoms with Gasteiger partial charge in [0, 0.05) is 80.0 Å². The number of carbonyl (C=O) groups excluding carboxylic acids is 1. The van der Waals surface area contributed by atoms with Gasteiger partial charge in [0.2, 0.25) is 0 Å². The molecule has 9 heteroatoms. The van der Waals surface area contributed by atoms with Crippen LogP contribution >= 0.6 is 0 Å². The molecular weight excluding hydrogens is 466 g/mol. The molecule has 0 bridgehead atoms. The van der Waals surface area contributed by atoms with Crippen LogP contribution in [0.2, 0.25) is 0 Å². The lowest BCUT2D eigenvalue weighted by molar-refractivity contribution is 0.0446. The molecule has 0 atom stereocenters. The minimum Gasteiger partial charge on any atom is -0.378 e. The zero-order valence-electron chi connectivity index (χ0n) is 22.3. The first kappa shape index (κ1) is 25.2. The summed E-state index contributed by atoms with van der Waals surface area (Å²) < 4.78 is 7.38. The Bertz CT molecular complexity index is 1320. The first-order chi connectivity index (χ1) is 17.8. The second-order valence-electron chi connectivity index (χ2n) is 10.6. The Morgan fingerprint density at radius 2 is 1.81 bits per heavy atom. The normalized spacial score (nSPS) is 17.7. The lowest BCUT2D eigenvalue weighted by atomic mass is 10.0. The van der Waals surface area contributed by atoms with Crippen LogP contribution in [0.15, 0.2) is 37.1 Å². The van der Waals surface area contributed by atoms with E-state index in [0.29, 0.717) is 37.6 Å². The van der Waals surface area contributed by atoms with E-state index in [-0.39, 0.29) is 11.4 Å². The molecule has 1 N–H and O–H groups in total. The number of piperazine rings is 1. The number of hydrogen-bond donors (Lipinski definition) is 1. The molecule has 2 aliphatic rings. The average molecular weight is 504 g/mol. The standard InChI is InChI=1S/C28H37N7O2/c1-6-7-22-21(8-9-29-22)20(2)23-19-26(32-14-16-37-17-15-32)35-25(30-23)18-24(31-35)27(36)33-10-12-34(13-11-33)28(3,4)5/h6-9,18-19,29H,2,10-17H2,1,3-5H3/b7-6-. The van der Waals surface area contributed by atoms with Crippen molar-refractivity contribution in [3.05, 3.63) is 59.7 Å². The Balaban J connectivity index is 1.49. The van der Waals surface area contributed by atoms with Crippen LogP contribution in [-0.2, 0) is 4.74 Å². The first-order valence-corrected chi connectivity index (χ1v) is 13.0. The predicted molar refractivity (Wildman–Crippen MR) is 147 cm³/mol. The second kappa shape index (κ2) is 10.1. The maximum Gasteiger partial charge on any atom is 0.274 e. The van der Waals surface area contributed by atoms with Crippen LogP contribution < -0.4 is 4.90 Å². The van der Waals surface area contributed by atoms with Crippen molar-refractivity contribution in [2.24, 2.45) is 0 Å². The number of nitrogens with zero attached hydrogens (tertiary/aromatic N) is 6. The molecule has 5 heterocycles. The third-order valence-electron chi connectivity index (χ3n) is 7.22. The number of morpholine rings is 1. The molecule has 2 saturated heterocycles. The van der Waals surface area contributed by atoms with E-state index in [2.05, 4.69) is 42.1 Å². The summed E-state index contributed by atoms with van der Waals surface area (Å²) in [7, 11) is 0. The van der Waals surface area contributed by atoms with Crippen LogP contribution in [0.3, 0.4) is 0 Å². The van der Waals surface area contributed by atoms with Crippen LogP contribution in [-0.4, -0.2) is 93.3 Å². The average Bonchev–Trinajstić information content (AvgIpc) is 3.55. The number of allylic oxidation sites excluding steroid dienone is 1. The number of aromatic nitrogens is 4. The van der Waals surface area contributed by atoms with Crippen LogP contribution in [0, 0.1) is 0 Å². The van der Waals surface area contributed by atoms with Gasteiger partial charge in [0.05, 0.1) is 18.9 Å². The van der Waals surface area contributed by atoms with Crippen LogP contribution in [0.1, 0.15) is 55.1 Å². The maximum atomic E-state index is 13.5. The van der Waals surface area contributed by atoms with Gasteiger partial charge in [-0.2, -0.15) is 9.61 Å². The number of rotatable bonds is 5. The van der Waals surface area contributed by atoms with Crippen molar-refractivity contribution >= 4 is 29.0 Å². The molecule has 2 fully saturated rings. The maximum absolute atomic E-state index is 13.5. The first-order valence-electron chi connectivity index (χ1n) is 13.0. The molecule has 196 valence electrons. The molecule has 0 radical (unpaired) electrons. The highest BCUT2D eigenvalue weighted by atomic mass is 16.5. The molecule has 0 spiro atoms. The summed E-state index contributed by atoms with van der Waals surface area (Å²) in [5.74, 6) is 0.845. The fourth-order valence-corrected chi connectivity index (χ4v) is 5.07. The molecule has 0 aromatic carbocycles. The topological polar surface area (TPSA) is 82.0 Å². The summed E-state index contributed by atoms with van der Waals surface area (Å²) in [5, 5.41) is 4.76. The Hall–Kier alpha value is -3.43. The van der Waals surface area contributed by atoms with Gasteiger partial charge in [-0.1, -0.05) is 12.7 Å². The highest BCUT2D eigenvalue weighted by molar-refractivity contribution is 5.94. The molecule has 0 aliphatic carbocycles. The highest BCUT2D eigenvalue weighted by Crippen LogP contribution is 2.29. The molecular formula is C28H37N7O2. The molecule has 1 amide bonds. The van der Waals surface area contributed by atoms with Gasteiger partial charge in [0.25, 0.3) is 5.91 Å². The van der Waals surface area contributed by atoms with Gasteiger partial charge in [-0.15, -0.1) is 0 Å². The third-order valence-corrected chi connectivity index (χ3v) is 7.22. The Kier molecular flexibility index (Phi) is 6.92. The molecule has 37 heavy (non-hydrogen) atoms. The van der Waals surface area contributed by atoms with Gasteiger partial charge in [-0.25, -0.2) is 4.98 Å². The van der Waals surface area contributed by atoms with Crippen LogP contribution in [0.5, 0.6) is 0 Å².